The van der Waals surface area contributed by atoms with E-state index in [1.165, 1.54) is 127 Å². The molecule has 0 amide bonds. The number of aryl methyl sites for hydroxylation is 2. The van der Waals surface area contributed by atoms with Crippen molar-refractivity contribution in [2.45, 2.75) is 12.8 Å². The highest BCUT2D eigenvalue weighted by molar-refractivity contribution is 6.17. The smallest absolute Gasteiger partial charge is 0.0550 e. The molecule has 0 fully saturated rings. The van der Waals surface area contributed by atoms with Crippen LogP contribution in [0.5, 0.6) is 0 Å². The first-order chi connectivity index (χ1) is 35.2. The van der Waals surface area contributed by atoms with Gasteiger partial charge in [-0.15, -0.1) is 0 Å². The molecule has 3 heteroatoms. The van der Waals surface area contributed by atoms with Crippen LogP contribution in [0.2, 0.25) is 0 Å². The Bertz CT molecular complexity index is 4140. The largest absolute Gasteiger partial charge is 0.309 e. The highest BCUT2D eigenvalue weighted by Crippen LogP contribution is 2.46. The topological polar surface area (TPSA) is 14.8 Å². The highest BCUT2D eigenvalue weighted by Gasteiger charge is 2.25. The molecular weight excluding hydrogens is 859 g/mol. The Hall–Kier alpha value is -9.18. The van der Waals surface area contributed by atoms with Gasteiger partial charge in [-0.2, -0.15) is 0 Å². The lowest BCUT2D eigenvalue weighted by atomic mass is 9.87. The Morgan fingerprint density at radius 1 is 0.211 bits per heavy atom. The van der Waals surface area contributed by atoms with Crippen molar-refractivity contribution in [2.75, 3.05) is 0 Å². The molecule has 0 spiro atoms. The standard InChI is InChI=1S/C68H45N3/c1-6-16-44(17-7-1)46-28-32-61-57(38-46)59-40-48(30-34-63(59)69(61)54-20-10-3-11-21-54)52-36-50-26-27-51-37-53(43-66-68(51)67(50)65(42-52)71(66)56-24-14-5-15-25-56)49-31-35-64-60(41-49)58-39-47(45-18-8-2-9-19-45)29-33-62(58)70(64)55-22-12-4-13-23-55/h1-25,28-43H,26-27H2. The van der Waals surface area contributed by atoms with Gasteiger partial charge in [-0.05, 0) is 166 Å². The number of nitrogens with zero attached hydrogens (tertiary/aromatic N) is 3. The molecule has 11 aromatic carbocycles. The van der Waals surface area contributed by atoms with Crippen LogP contribution in [-0.4, -0.2) is 13.7 Å². The molecule has 3 aromatic heterocycles. The summed E-state index contributed by atoms with van der Waals surface area (Å²) in [6.45, 7) is 0. The Kier molecular flexibility index (Phi) is 8.78. The zero-order valence-corrected chi connectivity index (χ0v) is 38.9. The third-order valence-corrected chi connectivity index (χ3v) is 15.2. The van der Waals surface area contributed by atoms with Crippen molar-refractivity contribution in [3.63, 3.8) is 0 Å². The predicted octanol–water partition coefficient (Wildman–Crippen LogP) is 17.7. The third-order valence-electron chi connectivity index (χ3n) is 15.2. The second kappa shape index (κ2) is 15.7. The van der Waals surface area contributed by atoms with Gasteiger partial charge in [0.05, 0.1) is 33.1 Å². The lowest BCUT2D eigenvalue weighted by Gasteiger charge is -2.16. The van der Waals surface area contributed by atoms with E-state index in [4.69, 9.17) is 0 Å². The highest BCUT2D eigenvalue weighted by atomic mass is 15.0. The van der Waals surface area contributed by atoms with E-state index in [-0.39, 0.29) is 0 Å². The van der Waals surface area contributed by atoms with Crippen molar-refractivity contribution >= 4 is 65.4 Å². The van der Waals surface area contributed by atoms with Crippen molar-refractivity contribution in [1.82, 2.24) is 13.7 Å². The first kappa shape index (κ1) is 39.8. The van der Waals surface area contributed by atoms with E-state index >= 15 is 0 Å². The summed E-state index contributed by atoms with van der Waals surface area (Å²) in [7, 11) is 0. The van der Waals surface area contributed by atoms with Crippen LogP contribution in [0.1, 0.15) is 11.1 Å². The maximum Gasteiger partial charge on any atom is 0.0550 e. The summed E-state index contributed by atoms with van der Waals surface area (Å²) in [4.78, 5) is 0. The summed E-state index contributed by atoms with van der Waals surface area (Å²) in [5.74, 6) is 0. The van der Waals surface area contributed by atoms with Crippen molar-refractivity contribution in [3.8, 4) is 61.6 Å². The average molecular weight is 904 g/mol. The first-order valence-electron chi connectivity index (χ1n) is 24.8. The fourth-order valence-corrected chi connectivity index (χ4v) is 12.0. The number of para-hydroxylation sites is 3. The molecule has 14 aromatic rings. The van der Waals surface area contributed by atoms with Crippen LogP contribution in [0.3, 0.4) is 0 Å². The molecule has 0 N–H and O–H groups in total. The first-order valence-corrected chi connectivity index (χ1v) is 24.8. The molecule has 0 unspecified atom stereocenters. The molecule has 71 heavy (non-hydrogen) atoms. The fraction of sp³-hybridized carbons (Fsp3) is 0.0294. The average Bonchev–Trinajstić information content (AvgIpc) is 4.08. The lowest BCUT2D eigenvalue weighted by Crippen LogP contribution is -2.00. The molecule has 0 bridgehead atoms. The zero-order valence-electron chi connectivity index (χ0n) is 38.9. The van der Waals surface area contributed by atoms with E-state index in [1.807, 2.05) is 0 Å². The Labute approximate surface area is 411 Å². The number of hydrogen-bond acceptors (Lipinski definition) is 0. The Morgan fingerprint density at radius 2 is 0.493 bits per heavy atom. The summed E-state index contributed by atoms with van der Waals surface area (Å²) >= 11 is 0. The quantitative estimate of drug-likeness (QED) is 0.151. The van der Waals surface area contributed by atoms with Gasteiger partial charge in [0.1, 0.15) is 0 Å². The zero-order chi connectivity index (χ0) is 46.6. The van der Waals surface area contributed by atoms with Gasteiger partial charge in [0.25, 0.3) is 0 Å². The van der Waals surface area contributed by atoms with Gasteiger partial charge in [0.2, 0.25) is 0 Å². The maximum atomic E-state index is 2.54. The van der Waals surface area contributed by atoms with Crippen LogP contribution in [0.15, 0.2) is 249 Å². The molecule has 15 rings (SSSR count). The van der Waals surface area contributed by atoms with E-state index in [1.54, 1.807) is 0 Å². The Balaban J connectivity index is 0.932. The van der Waals surface area contributed by atoms with Crippen LogP contribution >= 0.6 is 0 Å². The van der Waals surface area contributed by atoms with E-state index in [0.717, 1.165) is 24.2 Å². The van der Waals surface area contributed by atoms with Gasteiger partial charge in [-0.1, -0.05) is 152 Å². The van der Waals surface area contributed by atoms with Crippen LogP contribution < -0.4 is 0 Å². The molecule has 0 atom stereocenters. The molecule has 0 saturated heterocycles. The van der Waals surface area contributed by atoms with Crippen LogP contribution in [0.25, 0.3) is 127 Å². The minimum absolute atomic E-state index is 0.983. The summed E-state index contributed by atoms with van der Waals surface area (Å²) in [6.07, 6.45) is 1.97. The maximum absolute atomic E-state index is 2.54. The summed E-state index contributed by atoms with van der Waals surface area (Å²) in [5, 5.41) is 7.77. The van der Waals surface area contributed by atoms with Crippen LogP contribution in [-0.2, 0) is 12.8 Å². The number of aromatic nitrogens is 3. The number of rotatable bonds is 7. The third kappa shape index (κ3) is 6.23. The second-order valence-corrected chi connectivity index (χ2v) is 19.2. The van der Waals surface area contributed by atoms with Crippen molar-refractivity contribution in [3.05, 3.63) is 260 Å². The normalized spacial score (nSPS) is 12.4. The molecule has 0 saturated carbocycles. The minimum atomic E-state index is 0.983. The van der Waals surface area contributed by atoms with Crippen molar-refractivity contribution in [2.24, 2.45) is 0 Å². The monoisotopic (exact) mass is 903 g/mol. The Morgan fingerprint density at radius 3 is 0.817 bits per heavy atom. The number of hydrogen-bond donors (Lipinski definition) is 0. The summed E-state index contributed by atoms with van der Waals surface area (Å²) < 4.78 is 7.38. The van der Waals surface area contributed by atoms with Gasteiger partial charge in [-0.3, -0.25) is 0 Å². The number of fused-ring (bicyclic) bond motifs is 6. The van der Waals surface area contributed by atoms with E-state index in [9.17, 15) is 0 Å². The molecule has 0 radical (unpaired) electrons. The SMILES string of the molecule is c1ccc(-c2ccc3c(c2)c2cc(-c4cc5c6c7c(cc(-c8ccc9c(c8)c8cc(-c%10ccccc%10)ccc8n9-c8ccccc8)cc7n(-c7ccccc7)c6c4)CC5)ccc2n3-c2ccccc2)cc1. The van der Waals surface area contributed by atoms with Gasteiger partial charge < -0.3 is 13.7 Å². The molecule has 1 aliphatic carbocycles. The molecule has 3 nitrogen and oxygen atoms in total. The summed E-state index contributed by atoms with van der Waals surface area (Å²) in [6, 6.07) is 92.1. The second-order valence-electron chi connectivity index (χ2n) is 19.2. The van der Waals surface area contributed by atoms with E-state index in [0.29, 0.717) is 0 Å². The van der Waals surface area contributed by atoms with E-state index < -0.39 is 0 Å². The van der Waals surface area contributed by atoms with Gasteiger partial charge in [0.15, 0.2) is 0 Å². The molecule has 3 heterocycles. The predicted molar refractivity (Wildman–Crippen MR) is 299 cm³/mol. The molecular formula is C68H45N3. The van der Waals surface area contributed by atoms with Crippen molar-refractivity contribution in [1.29, 1.82) is 0 Å². The van der Waals surface area contributed by atoms with Crippen LogP contribution in [0.4, 0.5) is 0 Å². The molecule has 1 aliphatic rings. The minimum Gasteiger partial charge on any atom is -0.309 e. The van der Waals surface area contributed by atoms with E-state index in [2.05, 4.69) is 262 Å². The lowest BCUT2D eigenvalue weighted by molar-refractivity contribution is 0.970. The van der Waals surface area contributed by atoms with Crippen LogP contribution in [0, 0.1) is 0 Å². The number of benzene rings is 11. The van der Waals surface area contributed by atoms with Crippen molar-refractivity contribution < 1.29 is 0 Å². The van der Waals surface area contributed by atoms with Gasteiger partial charge in [0, 0.05) is 49.4 Å². The molecule has 0 aliphatic heterocycles. The van der Waals surface area contributed by atoms with Gasteiger partial charge in [-0.25, -0.2) is 0 Å². The summed E-state index contributed by atoms with van der Waals surface area (Å²) in [5.41, 5.74) is 23.5. The van der Waals surface area contributed by atoms with Gasteiger partial charge >= 0.3 is 0 Å². The fourth-order valence-electron chi connectivity index (χ4n) is 12.0. The molecule has 332 valence electrons.